The number of morpholine rings is 1. The molecule has 21 heavy (non-hydrogen) atoms. The molecule has 1 fully saturated rings. The van der Waals surface area contributed by atoms with E-state index >= 15 is 0 Å². The highest BCUT2D eigenvalue weighted by Crippen LogP contribution is 2.17. The lowest BCUT2D eigenvalue weighted by molar-refractivity contribution is -0.121. The van der Waals surface area contributed by atoms with E-state index < -0.39 is 6.04 Å². The van der Waals surface area contributed by atoms with Crippen molar-refractivity contribution in [3.05, 3.63) is 23.9 Å². The van der Waals surface area contributed by atoms with E-state index in [0.717, 1.165) is 24.5 Å². The molecule has 1 saturated heterocycles. The summed E-state index contributed by atoms with van der Waals surface area (Å²) < 4.78 is 5.31. The van der Waals surface area contributed by atoms with Crippen molar-refractivity contribution in [3.8, 4) is 0 Å². The Morgan fingerprint density at radius 2 is 2.38 bits per heavy atom. The van der Waals surface area contributed by atoms with Crippen LogP contribution in [-0.2, 0) is 16.1 Å². The fraction of sp³-hybridized carbons (Fsp3) is 0.600. The van der Waals surface area contributed by atoms with Crippen LogP contribution in [0.25, 0.3) is 0 Å². The summed E-state index contributed by atoms with van der Waals surface area (Å²) in [5, 5.41) is 3.38. The van der Waals surface area contributed by atoms with Crippen LogP contribution in [-0.4, -0.2) is 43.2 Å². The van der Waals surface area contributed by atoms with Crippen molar-refractivity contribution in [1.82, 2.24) is 10.3 Å². The van der Waals surface area contributed by atoms with Crippen LogP contribution < -0.4 is 16.0 Å². The van der Waals surface area contributed by atoms with Gasteiger partial charge in [0.05, 0.1) is 13.2 Å². The summed E-state index contributed by atoms with van der Waals surface area (Å²) in [5.41, 5.74) is 6.55. The lowest BCUT2D eigenvalue weighted by atomic mass is 10.2. The second-order valence-corrected chi connectivity index (χ2v) is 5.74. The molecular formula is C15H24N4O2. The molecule has 1 aliphatic heterocycles. The van der Waals surface area contributed by atoms with Gasteiger partial charge >= 0.3 is 0 Å². The number of pyridine rings is 1. The Labute approximate surface area is 125 Å². The summed E-state index contributed by atoms with van der Waals surface area (Å²) in [6.45, 7) is 7.68. The first kappa shape index (κ1) is 15.7. The third kappa shape index (κ3) is 4.41. The van der Waals surface area contributed by atoms with Crippen LogP contribution in [0.5, 0.6) is 0 Å². The summed E-state index contributed by atoms with van der Waals surface area (Å²) in [6.07, 6.45) is 1.84. The SMILES string of the molecule is CC(C)CNCc1ccc(N2CCOCC2C(N)=O)nc1. The van der Waals surface area contributed by atoms with Crippen LogP contribution >= 0.6 is 0 Å². The summed E-state index contributed by atoms with van der Waals surface area (Å²) >= 11 is 0. The van der Waals surface area contributed by atoms with Crippen molar-refractivity contribution in [2.75, 3.05) is 31.2 Å². The largest absolute Gasteiger partial charge is 0.377 e. The van der Waals surface area contributed by atoms with Crippen LogP contribution in [0.1, 0.15) is 19.4 Å². The smallest absolute Gasteiger partial charge is 0.242 e. The number of anilines is 1. The third-order valence-electron chi connectivity index (χ3n) is 3.44. The summed E-state index contributed by atoms with van der Waals surface area (Å²) in [7, 11) is 0. The fourth-order valence-corrected chi connectivity index (χ4v) is 2.31. The molecule has 1 aliphatic rings. The molecule has 0 radical (unpaired) electrons. The quantitative estimate of drug-likeness (QED) is 0.799. The standard InChI is InChI=1S/C15H24N4O2/c1-11(2)7-17-8-12-3-4-14(18-9-12)19-5-6-21-10-13(19)15(16)20/h3-4,9,11,13,17H,5-8,10H2,1-2H3,(H2,16,20). The number of rotatable bonds is 6. The number of carbonyl (C=O) groups excluding carboxylic acids is 1. The molecule has 1 unspecified atom stereocenters. The van der Waals surface area contributed by atoms with Crippen molar-refractivity contribution < 1.29 is 9.53 Å². The number of primary amides is 1. The molecule has 2 rings (SSSR count). The molecule has 1 amide bonds. The van der Waals surface area contributed by atoms with Crippen molar-refractivity contribution in [2.45, 2.75) is 26.4 Å². The van der Waals surface area contributed by atoms with Gasteiger partial charge in [0.2, 0.25) is 5.91 Å². The minimum Gasteiger partial charge on any atom is -0.377 e. The molecule has 0 aliphatic carbocycles. The lowest BCUT2D eigenvalue weighted by Crippen LogP contribution is -2.53. The van der Waals surface area contributed by atoms with Gasteiger partial charge in [-0.15, -0.1) is 0 Å². The number of hydrogen-bond acceptors (Lipinski definition) is 5. The van der Waals surface area contributed by atoms with Gasteiger partial charge in [0.1, 0.15) is 11.9 Å². The van der Waals surface area contributed by atoms with Crippen molar-refractivity contribution >= 4 is 11.7 Å². The van der Waals surface area contributed by atoms with E-state index in [2.05, 4.69) is 24.1 Å². The van der Waals surface area contributed by atoms with Gasteiger partial charge in [-0.25, -0.2) is 4.98 Å². The summed E-state index contributed by atoms with van der Waals surface area (Å²) in [6, 6.07) is 3.53. The zero-order chi connectivity index (χ0) is 15.2. The average molecular weight is 292 g/mol. The summed E-state index contributed by atoms with van der Waals surface area (Å²) in [5.74, 6) is 1.02. The maximum absolute atomic E-state index is 11.5. The molecule has 2 heterocycles. The van der Waals surface area contributed by atoms with E-state index in [4.69, 9.17) is 10.5 Å². The molecule has 3 N–H and O–H groups in total. The minimum absolute atomic E-state index is 0.328. The van der Waals surface area contributed by atoms with Crippen LogP contribution in [0.3, 0.4) is 0 Å². The maximum Gasteiger partial charge on any atom is 0.242 e. The van der Waals surface area contributed by atoms with Gasteiger partial charge in [-0.3, -0.25) is 4.79 Å². The zero-order valence-electron chi connectivity index (χ0n) is 12.7. The molecule has 0 saturated carbocycles. The molecule has 6 heteroatoms. The van der Waals surface area contributed by atoms with E-state index in [1.807, 2.05) is 23.2 Å². The Balaban J connectivity index is 1.98. The van der Waals surface area contributed by atoms with Crippen LogP contribution in [0, 0.1) is 5.92 Å². The van der Waals surface area contributed by atoms with Gasteiger partial charge < -0.3 is 20.7 Å². The highest BCUT2D eigenvalue weighted by molar-refractivity contribution is 5.83. The van der Waals surface area contributed by atoms with E-state index in [9.17, 15) is 4.79 Å². The summed E-state index contributed by atoms with van der Waals surface area (Å²) in [4.78, 5) is 17.8. The maximum atomic E-state index is 11.5. The van der Waals surface area contributed by atoms with E-state index in [1.54, 1.807) is 0 Å². The number of nitrogens with two attached hydrogens (primary N) is 1. The highest BCUT2D eigenvalue weighted by Gasteiger charge is 2.28. The molecular weight excluding hydrogens is 268 g/mol. The Morgan fingerprint density at radius 3 is 3.00 bits per heavy atom. The van der Waals surface area contributed by atoms with Crippen molar-refractivity contribution in [2.24, 2.45) is 11.7 Å². The molecule has 0 aromatic carbocycles. The van der Waals surface area contributed by atoms with Gasteiger partial charge in [-0.1, -0.05) is 19.9 Å². The monoisotopic (exact) mass is 292 g/mol. The zero-order valence-corrected chi connectivity index (χ0v) is 12.7. The van der Waals surface area contributed by atoms with Gasteiger partial charge in [-0.05, 0) is 24.1 Å². The number of carbonyl (C=O) groups is 1. The van der Waals surface area contributed by atoms with Gasteiger partial charge in [-0.2, -0.15) is 0 Å². The normalized spacial score (nSPS) is 19.0. The number of amides is 1. The second-order valence-electron chi connectivity index (χ2n) is 5.74. The Kier molecular flexibility index (Phi) is 5.52. The molecule has 6 nitrogen and oxygen atoms in total. The number of hydrogen-bond donors (Lipinski definition) is 2. The predicted molar refractivity (Wildman–Crippen MR) is 81.9 cm³/mol. The van der Waals surface area contributed by atoms with Crippen LogP contribution in [0.4, 0.5) is 5.82 Å². The third-order valence-corrected chi connectivity index (χ3v) is 3.44. The first-order valence-corrected chi connectivity index (χ1v) is 7.37. The molecule has 116 valence electrons. The molecule has 1 aromatic heterocycles. The van der Waals surface area contributed by atoms with E-state index in [0.29, 0.717) is 25.7 Å². The Bertz CT molecular complexity index is 461. The van der Waals surface area contributed by atoms with E-state index in [-0.39, 0.29) is 5.91 Å². The molecule has 0 spiro atoms. The first-order valence-electron chi connectivity index (χ1n) is 7.37. The second kappa shape index (κ2) is 7.38. The predicted octanol–water partition coefficient (Wildman–Crippen LogP) is 0.518. The van der Waals surface area contributed by atoms with Gasteiger partial charge in [0.25, 0.3) is 0 Å². The molecule has 0 bridgehead atoms. The average Bonchev–Trinajstić information content (AvgIpc) is 2.47. The number of nitrogens with zero attached hydrogens (tertiary/aromatic N) is 2. The van der Waals surface area contributed by atoms with E-state index in [1.165, 1.54) is 0 Å². The van der Waals surface area contributed by atoms with Crippen LogP contribution in [0.15, 0.2) is 18.3 Å². The number of aromatic nitrogens is 1. The fourth-order valence-electron chi connectivity index (χ4n) is 2.31. The molecule has 1 aromatic rings. The number of nitrogens with one attached hydrogen (secondary N) is 1. The highest BCUT2D eigenvalue weighted by atomic mass is 16.5. The topological polar surface area (TPSA) is 80.5 Å². The van der Waals surface area contributed by atoms with Crippen molar-refractivity contribution in [1.29, 1.82) is 0 Å². The minimum atomic E-state index is -0.434. The molecule has 1 atom stereocenters. The van der Waals surface area contributed by atoms with Crippen LogP contribution in [0.2, 0.25) is 0 Å². The first-order chi connectivity index (χ1) is 10.1. The Morgan fingerprint density at radius 1 is 1.57 bits per heavy atom. The lowest BCUT2D eigenvalue weighted by Gasteiger charge is -2.34. The van der Waals surface area contributed by atoms with Gasteiger partial charge in [0.15, 0.2) is 0 Å². The van der Waals surface area contributed by atoms with Crippen molar-refractivity contribution in [3.63, 3.8) is 0 Å². The Hall–Kier alpha value is -1.66. The van der Waals surface area contributed by atoms with Gasteiger partial charge in [0, 0.05) is 19.3 Å². The number of ether oxygens (including phenoxy) is 1.